The molecule has 2 fully saturated rings. The summed E-state index contributed by atoms with van der Waals surface area (Å²) in [4.78, 5) is 4.43. The van der Waals surface area contributed by atoms with Crippen molar-refractivity contribution in [2.24, 2.45) is 10.9 Å². The summed E-state index contributed by atoms with van der Waals surface area (Å²) in [7, 11) is 1.86. The molecule has 29 heavy (non-hydrogen) atoms. The minimum atomic E-state index is 0.334. The molecule has 1 aromatic rings. The topological polar surface area (TPSA) is 54.9 Å². The summed E-state index contributed by atoms with van der Waals surface area (Å²) in [6.45, 7) is 5.38. The van der Waals surface area contributed by atoms with E-state index in [4.69, 9.17) is 9.47 Å². The van der Waals surface area contributed by atoms with Crippen LogP contribution in [-0.4, -0.2) is 38.4 Å². The Balaban J connectivity index is 1.41. The van der Waals surface area contributed by atoms with Crippen LogP contribution in [0.5, 0.6) is 0 Å². The Bertz CT molecular complexity index is 620. The minimum absolute atomic E-state index is 0.334. The van der Waals surface area contributed by atoms with Gasteiger partial charge in [0, 0.05) is 32.8 Å². The van der Waals surface area contributed by atoms with Crippen LogP contribution < -0.4 is 10.6 Å². The molecular weight excluding hydrogens is 362 g/mol. The normalized spacial score (nSPS) is 23.7. The lowest BCUT2D eigenvalue weighted by Gasteiger charge is -2.30. The highest BCUT2D eigenvalue weighted by Gasteiger charge is 2.21. The molecule has 2 aliphatic rings. The van der Waals surface area contributed by atoms with Crippen LogP contribution in [0.25, 0.3) is 0 Å². The van der Waals surface area contributed by atoms with Gasteiger partial charge in [0.2, 0.25) is 0 Å². The average molecular weight is 402 g/mol. The number of benzene rings is 1. The molecule has 1 saturated heterocycles. The highest BCUT2D eigenvalue weighted by Crippen LogP contribution is 2.27. The van der Waals surface area contributed by atoms with Crippen LogP contribution in [0, 0.1) is 5.92 Å². The molecule has 0 radical (unpaired) electrons. The van der Waals surface area contributed by atoms with Gasteiger partial charge in [-0.15, -0.1) is 0 Å². The molecule has 0 atom stereocenters. The number of guanidine groups is 1. The van der Waals surface area contributed by atoms with Crippen molar-refractivity contribution in [2.45, 2.75) is 83.6 Å². The van der Waals surface area contributed by atoms with E-state index in [1.807, 2.05) is 7.05 Å². The number of ether oxygens (including phenoxy) is 2. The molecule has 1 aliphatic heterocycles. The number of aliphatic imine (C=N–C) groups is 1. The molecule has 1 heterocycles. The summed E-state index contributed by atoms with van der Waals surface area (Å²) in [5.74, 6) is 1.84. The van der Waals surface area contributed by atoms with Gasteiger partial charge in [0.15, 0.2) is 5.96 Å². The van der Waals surface area contributed by atoms with Gasteiger partial charge in [-0.2, -0.15) is 0 Å². The molecular formula is C24H39N3O2. The van der Waals surface area contributed by atoms with Gasteiger partial charge in [-0.1, -0.05) is 44.0 Å². The Labute approximate surface area is 176 Å². The van der Waals surface area contributed by atoms with Crippen molar-refractivity contribution in [2.75, 3.05) is 20.3 Å². The van der Waals surface area contributed by atoms with E-state index < -0.39 is 0 Å². The van der Waals surface area contributed by atoms with E-state index in [0.717, 1.165) is 44.5 Å². The molecule has 5 heteroatoms. The molecule has 3 rings (SSSR count). The molecule has 0 aromatic heterocycles. The van der Waals surface area contributed by atoms with Crippen molar-refractivity contribution >= 4 is 5.96 Å². The van der Waals surface area contributed by atoms with Crippen LogP contribution in [0.1, 0.15) is 69.4 Å². The number of hydrogen-bond acceptors (Lipinski definition) is 3. The van der Waals surface area contributed by atoms with E-state index >= 15 is 0 Å². The van der Waals surface area contributed by atoms with Gasteiger partial charge in [-0.3, -0.25) is 4.99 Å². The van der Waals surface area contributed by atoms with Crippen molar-refractivity contribution < 1.29 is 9.47 Å². The molecule has 0 bridgehead atoms. The van der Waals surface area contributed by atoms with Crippen molar-refractivity contribution in [1.29, 1.82) is 0 Å². The van der Waals surface area contributed by atoms with Crippen LogP contribution >= 0.6 is 0 Å². The number of hydrogen-bond donors (Lipinski definition) is 2. The maximum Gasteiger partial charge on any atom is 0.191 e. The quantitative estimate of drug-likeness (QED) is 0.501. The maximum atomic E-state index is 6.06. The van der Waals surface area contributed by atoms with Crippen molar-refractivity contribution in [1.82, 2.24) is 10.6 Å². The van der Waals surface area contributed by atoms with Crippen LogP contribution in [0.15, 0.2) is 29.3 Å². The van der Waals surface area contributed by atoms with Crippen molar-refractivity contribution in [3.8, 4) is 0 Å². The average Bonchev–Trinajstić information content (AvgIpc) is 2.77. The Kier molecular flexibility index (Phi) is 9.29. The monoisotopic (exact) mass is 401 g/mol. The third-order valence-electron chi connectivity index (χ3n) is 6.21. The maximum absolute atomic E-state index is 6.06. The van der Waals surface area contributed by atoms with E-state index in [9.17, 15) is 0 Å². The third-order valence-corrected chi connectivity index (χ3v) is 6.21. The van der Waals surface area contributed by atoms with E-state index in [2.05, 4.69) is 46.8 Å². The first kappa shape index (κ1) is 22.1. The van der Waals surface area contributed by atoms with Gasteiger partial charge < -0.3 is 20.1 Å². The summed E-state index contributed by atoms with van der Waals surface area (Å²) in [5.41, 5.74) is 2.49. The Morgan fingerprint density at radius 3 is 2.59 bits per heavy atom. The van der Waals surface area contributed by atoms with Crippen LogP contribution in [-0.2, 0) is 22.6 Å². The SMILES string of the molecule is CCCC1CCC(NC(=NC)NCc2cccc(COC3CCOCC3)c2)CC1. The highest BCUT2D eigenvalue weighted by molar-refractivity contribution is 5.79. The summed E-state index contributed by atoms with van der Waals surface area (Å²) in [5, 5.41) is 7.11. The first-order valence-corrected chi connectivity index (χ1v) is 11.5. The molecule has 1 saturated carbocycles. The predicted molar refractivity (Wildman–Crippen MR) is 119 cm³/mol. The van der Waals surface area contributed by atoms with Crippen LogP contribution in [0.3, 0.4) is 0 Å². The van der Waals surface area contributed by atoms with Crippen LogP contribution in [0.2, 0.25) is 0 Å². The first-order valence-electron chi connectivity index (χ1n) is 11.5. The van der Waals surface area contributed by atoms with Gasteiger partial charge in [0.05, 0.1) is 12.7 Å². The second-order valence-electron chi connectivity index (χ2n) is 8.52. The Morgan fingerprint density at radius 2 is 1.86 bits per heavy atom. The fraction of sp³-hybridized carbons (Fsp3) is 0.708. The predicted octanol–water partition coefficient (Wildman–Crippen LogP) is 4.41. The first-order chi connectivity index (χ1) is 14.3. The van der Waals surface area contributed by atoms with E-state index in [1.165, 1.54) is 49.7 Å². The molecule has 0 amide bonds. The Morgan fingerprint density at radius 1 is 1.10 bits per heavy atom. The number of nitrogens with one attached hydrogen (secondary N) is 2. The molecule has 162 valence electrons. The summed E-state index contributed by atoms with van der Waals surface area (Å²) in [6, 6.07) is 9.20. The highest BCUT2D eigenvalue weighted by atomic mass is 16.5. The van der Waals surface area contributed by atoms with Gasteiger partial charge in [0.25, 0.3) is 0 Å². The molecule has 1 aromatic carbocycles. The van der Waals surface area contributed by atoms with Gasteiger partial charge in [-0.25, -0.2) is 0 Å². The fourth-order valence-electron chi connectivity index (χ4n) is 4.46. The van der Waals surface area contributed by atoms with Crippen LogP contribution in [0.4, 0.5) is 0 Å². The van der Waals surface area contributed by atoms with Crippen molar-refractivity contribution in [3.63, 3.8) is 0 Å². The Hall–Kier alpha value is -1.59. The van der Waals surface area contributed by atoms with Gasteiger partial charge in [-0.05, 0) is 55.6 Å². The largest absolute Gasteiger partial charge is 0.381 e. The molecule has 0 unspecified atom stereocenters. The second-order valence-corrected chi connectivity index (χ2v) is 8.52. The zero-order valence-corrected chi connectivity index (χ0v) is 18.3. The lowest BCUT2D eigenvalue weighted by Crippen LogP contribution is -2.44. The lowest BCUT2D eigenvalue weighted by atomic mass is 9.83. The smallest absolute Gasteiger partial charge is 0.191 e. The minimum Gasteiger partial charge on any atom is -0.381 e. The number of rotatable bonds is 8. The lowest BCUT2D eigenvalue weighted by molar-refractivity contribution is -0.0390. The fourth-order valence-corrected chi connectivity index (χ4v) is 4.46. The third kappa shape index (κ3) is 7.63. The van der Waals surface area contributed by atoms with Crippen molar-refractivity contribution in [3.05, 3.63) is 35.4 Å². The second kappa shape index (κ2) is 12.2. The van der Waals surface area contributed by atoms with E-state index in [-0.39, 0.29) is 0 Å². The summed E-state index contributed by atoms with van der Waals surface area (Å²) < 4.78 is 11.5. The van der Waals surface area contributed by atoms with Gasteiger partial charge in [0.1, 0.15) is 0 Å². The van der Waals surface area contributed by atoms with E-state index in [0.29, 0.717) is 18.8 Å². The standard InChI is InChI=1S/C24H39N3O2/c1-3-5-19-8-10-22(11-9-19)27-24(25-2)26-17-20-6-4-7-21(16-20)18-29-23-12-14-28-15-13-23/h4,6-7,16,19,22-23H,3,5,8-15,17-18H2,1-2H3,(H2,25,26,27). The molecule has 0 spiro atoms. The molecule has 1 aliphatic carbocycles. The van der Waals surface area contributed by atoms with Gasteiger partial charge >= 0.3 is 0 Å². The zero-order valence-electron chi connectivity index (χ0n) is 18.3. The molecule has 2 N–H and O–H groups in total. The molecule has 5 nitrogen and oxygen atoms in total. The number of nitrogens with zero attached hydrogens (tertiary/aromatic N) is 1. The zero-order chi connectivity index (χ0) is 20.3. The summed E-state index contributed by atoms with van der Waals surface area (Å²) in [6.07, 6.45) is 10.2. The van der Waals surface area contributed by atoms with E-state index in [1.54, 1.807) is 0 Å². The summed E-state index contributed by atoms with van der Waals surface area (Å²) >= 11 is 0.